The number of hydrogen-bond donors (Lipinski definition) is 1. The van der Waals surface area contributed by atoms with Crippen LogP contribution in [0.4, 0.5) is 0 Å². The van der Waals surface area contributed by atoms with Crippen molar-refractivity contribution in [1.82, 2.24) is 4.72 Å². The van der Waals surface area contributed by atoms with Crippen molar-refractivity contribution in [2.24, 2.45) is 5.41 Å². The summed E-state index contributed by atoms with van der Waals surface area (Å²) in [5.41, 5.74) is -0.237. The zero-order valence-corrected chi connectivity index (χ0v) is 12.7. The Bertz CT molecular complexity index is 466. The van der Waals surface area contributed by atoms with Gasteiger partial charge in [-0.05, 0) is 24.0 Å². The number of rotatable bonds is 6. The van der Waals surface area contributed by atoms with E-state index in [4.69, 9.17) is 11.6 Å². The van der Waals surface area contributed by atoms with Crippen LogP contribution in [0.3, 0.4) is 0 Å². The molecule has 0 saturated heterocycles. The molecule has 0 bridgehead atoms. The number of thiophene rings is 1. The lowest BCUT2D eigenvalue weighted by Crippen LogP contribution is -2.34. The molecule has 0 aliphatic rings. The lowest BCUT2D eigenvalue weighted by Gasteiger charge is -2.21. The summed E-state index contributed by atoms with van der Waals surface area (Å²) in [5.74, 6) is 0.417. The summed E-state index contributed by atoms with van der Waals surface area (Å²) in [7, 11) is -3.38. The van der Waals surface area contributed by atoms with Crippen LogP contribution in [0.15, 0.2) is 16.3 Å². The van der Waals surface area contributed by atoms with Crippen molar-refractivity contribution in [3.63, 3.8) is 0 Å². The van der Waals surface area contributed by atoms with Crippen LogP contribution in [-0.2, 0) is 16.4 Å². The van der Waals surface area contributed by atoms with Gasteiger partial charge in [0.25, 0.3) is 0 Å². The summed E-state index contributed by atoms with van der Waals surface area (Å²) in [6, 6.07) is 3.51. The van der Waals surface area contributed by atoms with Crippen LogP contribution in [0, 0.1) is 5.41 Å². The van der Waals surface area contributed by atoms with Gasteiger partial charge < -0.3 is 0 Å². The summed E-state index contributed by atoms with van der Waals surface area (Å²) in [6.45, 7) is 6.20. The first-order valence-corrected chi connectivity index (χ1v) is 8.28. The third kappa shape index (κ3) is 4.25. The van der Waals surface area contributed by atoms with Crippen molar-refractivity contribution in [3.8, 4) is 0 Å². The van der Waals surface area contributed by atoms with Gasteiger partial charge in [-0.15, -0.1) is 22.9 Å². The fraction of sp³-hybridized carbons (Fsp3) is 0.636. The minimum absolute atomic E-state index is 0.237. The van der Waals surface area contributed by atoms with E-state index in [0.717, 1.165) is 11.3 Å². The molecule has 0 amide bonds. The third-order valence-electron chi connectivity index (χ3n) is 2.35. The van der Waals surface area contributed by atoms with Gasteiger partial charge in [-0.3, -0.25) is 0 Å². The van der Waals surface area contributed by atoms with Crippen LogP contribution in [0.2, 0.25) is 0 Å². The number of alkyl halides is 1. The maximum atomic E-state index is 12.0. The van der Waals surface area contributed by atoms with Crippen molar-refractivity contribution in [3.05, 3.63) is 17.0 Å². The monoisotopic (exact) mass is 295 g/mol. The molecule has 1 aromatic rings. The second-order valence-electron chi connectivity index (χ2n) is 4.70. The van der Waals surface area contributed by atoms with Crippen molar-refractivity contribution in [1.29, 1.82) is 0 Å². The predicted octanol–water partition coefficient (Wildman–Crippen LogP) is 2.85. The Morgan fingerprint density at radius 1 is 1.41 bits per heavy atom. The summed E-state index contributed by atoms with van der Waals surface area (Å²) < 4.78 is 26.9. The molecular formula is C11H18ClNO2S2. The van der Waals surface area contributed by atoms with Crippen LogP contribution in [0.25, 0.3) is 0 Å². The molecule has 6 heteroatoms. The van der Waals surface area contributed by atoms with E-state index in [1.165, 1.54) is 11.3 Å². The fourth-order valence-electron chi connectivity index (χ4n) is 1.10. The third-order valence-corrected chi connectivity index (χ3v) is 6.20. The normalized spacial score (nSPS) is 12.9. The highest BCUT2D eigenvalue weighted by atomic mass is 35.5. The zero-order valence-electron chi connectivity index (χ0n) is 10.3. The molecule has 0 unspecified atom stereocenters. The highest BCUT2D eigenvalue weighted by Gasteiger charge is 2.22. The molecule has 0 aromatic carbocycles. The highest BCUT2D eigenvalue weighted by molar-refractivity contribution is 7.91. The Morgan fingerprint density at radius 3 is 2.53 bits per heavy atom. The highest BCUT2D eigenvalue weighted by Crippen LogP contribution is 2.23. The van der Waals surface area contributed by atoms with Crippen LogP contribution in [0.5, 0.6) is 0 Å². The van der Waals surface area contributed by atoms with Gasteiger partial charge >= 0.3 is 0 Å². The van der Waals surface area contributed by atoms with E-state index in [2.05, 4.69) is 4.72 Å². The number of hydrogen-bond acceptors (Lipinski definition) is 3. The molecular weight excluding hydrogens is 278 g/mol. The number of sulfonamides is 1. The fourth-order valence-corrected chi connectivity index (χ4v) is 3.78. The topological polar surface area (TPSA) is 46.2 Å². The maximum Gasteiger partial charge on any atom is 0.250 e. The molecule has 3 nitrogen and oxygen atoms in total. The van der Waals surface area contributed by atoms with Gasteiger partial charge in [0.05, 0.1) is 0 Å². The minimum Gasteiger partial charge on any atom is -0.210 e. The molecule has 1 heterocycles. The minimum atomic E-state index is -3.38. The molecule has 1 N–H and O–H groups in total. The van der Waals surface area contributed by atoms with Gasteiger partial charge in [0.2, 0.25) is 10.0 Å². The molecule has 0 fully saturated rings. The summed E-state index contributed by atoms with van der Waals surface area (Å²) in [5, 5.41) is 0. The molecule has 0 aliphatic heterocycles. The standard InChI is InChI=1S/C11H18ClNO2S2/c1-4-9-5-6-10(16-9)17(14,15)13-8-11(2,3)7-12/h5-6,13H,4,7-8H2,1-3H3. The average Bonchev–Trinajstić information content (AvgIpc) is 2.76. The molecule has 0 atom stereocenters. The second-order valence-corrected chi connectivity index (χ2v) is 8.13. The van der Waals surface area contributed by atoms with Gasteiger partial charge in [0.15, 0.2) is 0 Å². The molecule has 0 spiro atoms. The van der Waals surface area contributed by atoms with Crippen LogP contribution in [0.1, 0.15) is 25.6 Å². The Labute approximate surface area is 112 Å². The lowest BCUT2D eigenvalue weighted by atomic mass is 9.97. The van der Waals surface area contributed by atoms with Crippen molar-refractivity contribution in [2.75, 3.05) is 12.4 Å². The van der Waals surface area contributed by atoms with E-state index in [1.807, 2.05) is 26.8 Å². The number of nitrogens with one attached hydrogen (secondary N) is 1. The van der Waals surface area contributed by atoms with Crippen LogP contribution in [-0.4, -0.2) is 20.8 Å². The van der Waals surface area contributed by atoms with Gasteiger partial charge in [0, 0.05) is 17.3 Å². The van der Waals surface area contributed by atoms with E-state index >= 15 is 0 Å². The molecule has 0 aliphatic carbocycles. The molecule has 1 aromatic heterocycles. The van der Waals surface area contributed by atoms with Crippen molar-refractivity contribution >= 4 is 33.0 Å². The molecule has 98 valence electrons. The number of halogens is 1. The Kier molecular flexibility index (Phi) is 5.01. The molecule has 1 rings (SSSR count). The van der Waals surface area contributed by atoms with Gasteiger partial charge in [-0.2, -0.15) is 0 Å². The Hall–Kier alpha value is -0.100. The Balaban J connectivity index is 2.76. The first-order valence-electron chi connectivity index (χ1n) is 5.45. The second kappa shape index (κ2) is 5.69. The molecule has 0 saturated carbocycles. The van der Waals surface area contributed by atoms with E-state index in [1.54, 1.807) is 6.07 Å². The summed E-state index contributed by atoms with van der Waals surface area (Å²) in [6.07, 6.45) is 0.855. The quantitative estimate of drug-likeness (QED) is 0.820. The largest absolute Gasteiger partial charge is 0.250 e. The van der Waals surface area contributed by atoms with Gasteiger partial charge in [0.1, 0.15) is 4.21 Å². The summed E-state index contributed by atoms with van der Waals surface area (Å²) >= 11 is 7.08. The first kappa shape index (κ1) is 15.0. The van der Waals surface area contributed by atoms with Gasteiger partial charge in [-0.25, -0.2) is 13.1 Å². The number of aryl methyl sites for hydroxylation is 1. The zero-order chi connectivity index (χ0) is 13.1. The van der Waals surface area contributed by atoms with E-state index < -0.39 is 10.0 Å². The SMILES string of the molecule is CCc1ccc(S(=O)(=O)NCC(C)(C)CCl)s1. The van der Waals surface area contributed by atoms with Gasteiger partial charge in [-0.1, -0.05) is 20.8 Å². The smallest absolute Gasteiger partial charge is 0.210 e. The molecule has 0 radical (unpaired) electrons. The summed E-state index contributed by atoms with van der Waals surface area (Å²) in [4.78, 5) is 1.07. The Morgan fingerprint density at radius 2 is 2.06 bits per heavy atom. The predicted molar refractivity (Wildman–Crippen MR) is 73.4 cm³/mol. The lowest BCUT2D eigenvalue weighted by molar-refractivity contribution is 0.414. The van der Waals surface area contributed by atoms with E-state index in [-0.39, 0.29) is 5.41 Å². The van der Waals surface area contributed by atoms with E-state index in [9.17, 15) is 8.42 Å². The van der Waals surface area contributed by atoms with Crippen LogP contribution >= 0.6 is 22.9 Å². The average molecular weight is 296 g/mol. The molecule has 17 heavy (non-hydrogen) atoms. The van der Waals surface area contributed by atoms with Crippen LogP contribution < -0.4 is 4.72 Å². The first-order chi connectivity index (χ1) is 7.80. The van der Waals surface area contributed by atoms with Crippen molar-refractivity contribution in [2.45, 2.75) is 31.4 Å². The maximum absolute atomic E-state index is 12.0. The van der Waals surface area contributed by atoms with Crippen molar-refractivity contribution < 1.29 is 8.42 Å². The van der Waals surface area contributed by atoms with E-state index in [0.29, 0.717) is 16.6 Å².